The number of H-pyrrole nitrogens is 1. The van der Waals surface area contributed by atoms with Crippen molar-refractivity contribution in [3.63, 3.8) is 0 Å². The van der Waals surface area contributed by atoms with Crippen LogP contribution in [0.15, 0.2) is 33.9 Å². The number of nitrogen functional groups attached to an aromatic ring is 1. The number of benzene rings is 1. The van der Waals surface area contributed by atoms with E-state index in [1.54, 1.807) is 0 Å². The molecule has 1 aromatic carbocycles. The van der Waals surface area contributed by atoms with Gasteiger partial charge in [0.05, 0.1) is 0 Å². The Balaban J connectivity index is 2.36. The Bertz CT molecular complexity index is 922. The molecule has 0 saturated heterocycles. The molecule has 0 saturated carbocycles. The highest BCUT2D eigenvalue weighted by atomic mass is 19.3. The van der Waals surface area contributed by atoms with Crippen LogP contribution >= 0.6 is 0 Å². The number of nitrogens with two attached hydrogens (primary N) is 1. The molecule has 2 aromatic rings. The zero-order valence-electron chi connectivity index (χ0n) is 14.9. The lowest BCUT2D eigenvalue weighted by Gasteiger charge is -2.20. The molecule has 1 heterocycles. The molecule has 1 amide bonds. The molecule has 0 bridgehead atoms. The van der Waals surface area contributed by atoms with Gasteiger partial charge in [0.2, 0.25) is 0 Å². The first-order valence-electron chi connectivity index (χ1n) is 8.21. The molecule has 0 atom stereocenters. The van der Waals surface area contributed by atoms with Crippen LogP contribution in [0.5, 0.6) is 5.75 Å². The number of nitrogens with one attached hydrogen (secondary N) is 1. The lowest BCUT2D eigenvalue weighted by molar-refractivity contribution is -0.0498. The average molecular weight is 382 g/mol. The first-order valence-corrected chi connectivity index (χ1v) is 8.21. The Morgan fingerprint density at radius 1 is 1.30 bits per heavy atom. The van der Waals surface area contributed by atoms with Crippen LogP contribution in [-0.2, 0) is 6.54 Å². The van der Waals surface area contributed by atoms with Gasteiger partial charge in [-0.25, -0.2) is 4.79 Å². The molecule has 3 N–H and O–H groups in total. The second kappa shape index (κ2) is 8.47. The Kier molecular flexibility index (Phi) is 6.32. The Labute approximate surface area is 153 Å². The van der Waals surface area contributed by atoms with Crippen molar-refractivity contribution in [3.05, 3.63) is 50.7 Å². The predicted molar refractivity (Wildman–Crippen MR) is 96.5 cm³/mol. The second-order valence-electron chi connectivity index (χ2n) is 5.77. The molecular weight excluding hydrogens is 362 g/mol. The maximum absolute atomic E-state index is 12.6. The Morgan fingerprint density at radius 2 is 1.93 bits per heavy atom. The van der Waals surface area contributed by atoms with Gasteiger partial charge < -0.3 is 15.4 Å². The summed E-state index contributed by atoms with van der Waals surface area (Å²) in [5.74, 6) is -0.822. The highest BCUT2D eigenvalue weighted by Gasteiger charge is 2.22. The van der Waals surface area contributed by atoms with Gasteiger partial charge in [-0.15, -0.1) is 0 Å². The largest absolute Gasteiger partial charge is 0.435 e. The summed E-state index contributed by atoms with van der Waals surface area (Å²) in [5, 5.41) is 0. The molecule has 2 rings (SSSR count). The number of aromatic nitrogens is 2. The number of halogens is 2. The zero-order valence-corrected chi connectivity index (χ0v) is 14.9. The summed E-state index contributed by atoms with van der Waals surface area (Å²) in [6.45, 7) is -0.742. The van der Waals surface area contributed by atoms with E-state index >= 15 is 0 Å². The van der Waals surface area contributed by atoms with Gasteiger partial charge in [-0.1, -0.05) is 13.3 Å². The van der Waals surface area contributed by atoms with Crippen molar-refractivity contribution in [2.75, 3.05) is 17.7 Å². The third kappa shape index (κ3) is 4.52. The minimum Gasteiger partial charge on any atom is -0.435 e. The predicted octanol–water partition coefficient (Wildman–Crippen LogP) is 1.80. The molecule has 0 radical (unpaired) electrons. The van der Waals surface area contributed by atoms with Crippen molar-refractivity contribution in [2.45, 2.75) is 32.9 Å². The number of carbonyl (C=O) groups excluding carboxylic acids is 1. The third-order valence-corrected chi connectivity index (χ3v) is 3.92. The number of anilines is 2. The first kappa shape index (κ1) is 20.1. The van der Waals surface area contributed by atoms with Crippen LogP contribution in [0.25, 0.3) is 0 Å². The summed E-state index contributed by atoms with van der Waals surface area (Å²) in [6, 6.07) is 4.99. The van der Waals surface area contributed by atoms with E-state index in [1.165, 1.54) is 35.9 Å². The molecule has 0 aliphatic rings. The molecule has 10 heteroatoms. The first-order chi connectivity index (χ1) is 12.8. The van der Waals surface area contributed by atoms with Crippen molar-refractivity contribution >= 4 is 17.4 Å². The average Bonchev–Trinajstić information content (AvgIpc) is 2.60. The fourth-order valence-electron chi connectivity index (χ4n) is 2.51. The molecule has 0 aliphatic carbocycles. The molecule has 0 unspecified atom stereocenters. The molecule has 27 heavy (non-hydrogen) atoms. The lowest BCUT2D eigenvalue weighted by Crippen LogP contribution is -2.39. The Hall–Kier alpha value is -3.17. The molecule has 0 aliphatic heterocycles. The van der Waals surface area contributed by atoms with E-state index in [-0.39, 0.29) is 22.8 Å². The van der Waals surface area contributed by atoms with Gasteiger partial charge in [0.15, 0.2) is 5.69 Å². The summed E-state index contributed by atoms with van der Waals surface area (Å²) in [5.41, 5.74) is 4.49. The van der Waals surface area contributed by atoms with E-state index < -0.39 is 23.8 Å². The fraction of sp³-hybridized carbons (Fsp3) is 0.353. The Morgan fingerprint density at radius 3 is 2.48 bits per heavy atom. The number of unbranched alkanes of at least 4 members (excludes halogenated alkanes) is 1. The van der Waals surface area contributed by atoms with Crippen LogP contribution in [0.4, 0.5) is 20.3 Å². The standard InChI is InChI=1S/C17H20F2N4O4/c1-3-4-9-23-13(20)12(14(24)21-17(23)26)22(2)15(25)10-5-7-11(8-6-10)27-16(18)19/h5-8,16H,3-4,9,20H2,1-2H3,(H,21,24,26). The minimum absolute atomic E-state index is 0.102. The summed E-state index contributed by atoms with van der Waals surface area (Å²) in [7, 11) is 1.33. The van der Waals surface area contributed by atoms with Gasteiger partial charge in [0, 0.05) is 19.2 Å². The zero-order chi connectivity index (χ0) is 20.1. The van der Waals surface area contributed by atoms with E-state index in [2.05, 4.69) is 9.72 Å². The van der Waals surface area contributed by atoms with E-state index in [1.807, 2.05) is 6.92 Å². The van der Waals surface area contributed by atoms with Crippen LogP contribution in [-0.4, -0.2) is 29.1 Å². The van der Waals surface area contributed by atoms with Gasteiger partial charge in [-0.2, -0.15) is 8.78 Å². The van der Waals surface area contributed by atoms with Gasteiger partial charge in [0.25, 0.3) is 11.5 Å². The molecule has 1 aromatic heterocycles. The smallest absolute Gasteiger partial charge is 0.387 e. The summed E-state index contributed by atoms with van der Waals surface area (Å²) < 4.78 is 29.8. The number of rotatable bonds is 7. The number of alkyl halides is 2. The number of hydrogen-bond donors (Lipinski definition) is 2. The number of aromatic amines is 1. The van der Waals surface area contributed by atoms with Crippen molar-refractivity contribution in [2.24, 2.45) is 0 Å². The van der Waals surface area contributed by atoms with E-state index in [4.69, 9.17) is 5.73 Å². The van der Waals surface area contributed by atoms with Gasteiger partial charge in [-0.3, -0.25) is 19.1 Å². The topological polar surface area (TPSA) is 110 Å². The molecule has 146 valence electrons. The summed E-state index contributed by atoms with van der Waals surface area (Å²) in [6.07, 6.45) is 1.47. The van der Waals surface area contributed by atoms with Crippen molar-refractivity contribution in [3.8, 4) is 5.75 Å². The van der Waals surface area contributed by atoms with Crippen LogP contribution < -0.4 is 26.6 Å². The minimum atomic E-state index is -2.98. The summed E-state index contributed by atoms with van der Waals surface area (Å²) >= 11 is 0. The fourth-order valence-corrected chi connectivity index (χ4v) is 2.51. The number of hydrogen-bond acceptors (Lipinski definition) is 5. The van der Waals surface area contributed by atoms with Gasteiger partial charge in [0.1, 0.15) is 11.6 Å². The maximum atomic E-state index is 12.6. The number of nitrogens with zero attached hydrogens (tertiary/aromatic N) is 2. The van der Waals surface area contributed by atoms with E-state index in [0.29, 0.717) is 13.0 Å². The number of amides is 1. The van der Waals surface area contributed by atoms with Crippen LogP contribution in [0, 0.1) is 0 Å². The van der Waals surface area contributed by atoms with Crippen LogP contribution in [0.1, 0.15) is 30.1 Å². The lowest BCUT2D eigenvalue weighted by atomic mass is 10.2. The van der Waals surface area contributed by atoms with E-state index in [0.717, 1.165) is 11.3 Å². The van der Waals surface area contributed by atoms with Crippen molar-refractivity contribution in [1.82, 2.24) is 9.55 Å². The maximum Gasteiger partial charge on any atom is 0.387 e. The third-order valence-electron chi connectivity index (χ3n) is 3.92. The number of carbonyl (C=O) groups is 1. The van der Waals surface area contributed by atoms with E-state index in [9.17, 15) is 23.2 Å². The van der Waals surface area contributed by atoms with Crippen LogP contribution in [0.3, 0.4) is 0 Å². The van der Waals surface area contributed by atoms with Crippen LogP contribution in [0.2, 0.25) is 0 Å². The highest BCUT2D eigenvalue weighted by Crippen LogP contribution is 2.20. The SMILES string of the molecule is CCCCn1c(N)c(N(C)C(=O)c2ccc(OC(F)F)cc2)c(=O)[nH]c1=O. The highest BCUT2D eigenvalue weighted by molar-refractivity contribution is 6.06. The molecule has 8 nitrogen and oxygen atoms in total. The molecular formula is C17H20F2N4O4. The normalized spacial score (nSPS) is 10.9. The van der Waals surface area contributed by atoms with Gasteiger partial charge >= 0.3 is 12.3 Å². The number of ether oxygens (including phenoxy) is 1. The van der Waals surface area contributed by atoms with Crippen molar-refractivity contribution < 1.29 is 18.3 Å². The quantitative estimate of drug-likeness (QED) is 0.759. The van der Waals surface area contributed by atoms with Crippen molar-refractivity contribution in [1.29, 1.82) is 0 Å². The second-order valence-corrected chi connectivity index (χ2v) is 5.77. The van der Waals surface area contributed by atoms with Gasteiger partial charge in [-0.05, 0) is 30.7 Å². The monoisotopic (exact) mass is 382 g/mol. The molecule has 0 spiro atoms. The molecule has 0 fully saturated rings. The summed E-state index contributed by atoms with van der Waals surface area (Å²) in [4.78, 5) is 39.9.